The minimum atomic E-state index is -2.10. The number of nitrogens with one attached hydrogen (secondary N) is 2. The summed E-state index contributed by atoms with van der Waals surface area (Å²) in [5, 5.41) is 19.0. The zero-order chi connectivity index (χ0) is 75.1. The number of amides is 2. The lowest BCUT2D eigenvalue weighted by atomic mass is 9.94. The van der Waals surface area contributed by atoms with Crippen LogP contribution in [0.25, 0.3) is 0 Å². The number of hydrogen-bond acceptors (Lipinski definition) is 20. The van der Waals surface area contributed by atoms with E-state index in [1.54, 1.807) is 0 Å². The van der Waals surface area contributed by atoms with Gasteiger partial charge in [-0.05, 0) is 50.9 Å². The predicted molar refractivity (Wildman–Crippen MR) is 399 cm³/mol. The van der Waals surface area contributed by atoms with E-state index in [1.807, 2.05) is 243 Å². The second-order valence-electron chi connectivity index (χ2n) is 26.0. The minimum Gasteiger partial charge on any atom is -0.454 e. The van der Waals surface area contributed by atoms with Gasteiger partial charge in [-0.2, -0.15) is 0 Å². The number of benzene rings is 8. The van der Waals surface area contributed by atoms with E-state index in [-0.39, 0.29) is 92.2 Å². The summed E-state index contributed by atoms with van der Waals surface area (Å²) < 4.78 is 106. The summed E-state index contributed by atoms with van der Waals surface area (Å²) in [5.41, 5.74) is 6.50. The Labute approximate surface area is 644 Å². The number of rotatable bonds is 38. The summed E-state index contributed by atoms with van der Waals surface area (Å²) in [6.45, 7) is 0.516. The number of alkyl carbamates (subject to hydrolysis) is 2. The maximum absolute atomic E-state index is 14.8. The van der Waals surface area contributed by atoms with Gasteiger partial charge in [-0.1, -0.05) is 277 Å². The van der Waals surface area contributed by atoms with Crippen LogP contribution in [0.5, 0.6) is 0 Å². The molecular formula is C83H91Cl3N2O20. The van der Waals surface area contributed by atoms with Crippen LogP contribution in [0, 0.1) is 0 Å². The number of alkyl halides is 3. The van der Waals surface area contributed by atoms with Crippen LogP contribution < -0.4 is 10.6 Å². The molecule has 8 aromatic rings. The second kappa shape index (κ2) is 42.9. The normalized spacial score (nSPS) is 24.2. The summed E-state index contributed by atoms with van der Waals surface area (Å²) >= 11 is 18.8. The largest absolute Gasteiger partial charge is 0.454 e. The highest BCUT2D eigenvalue weighted by molar-refractivity contribution is 6.67. The zero-order valence-electron chi connectivity index (χ0n) is 59.7. The van der Waals surface area contributed by atoms with Crippen molar-refractivity contribution in [2.24, 2.45) is 0 Å². The number of hydrogen-bond donors (Lipinski definition) is 3. The maximum Gasteiger partial charge on any atom is 0.407 e. The van der Waals surface area contributed by atoms with Crippen LogP contribution in [0.15, 0.2) is 243 Å². The third kappa shape index (κ3) is 25.9. The first-order valence-electron chi connectivity index (χ1n) is 35.9. The number of ether oxygens (including phenoxy) is 16. The van der Waals surface area contributed by atoms with E-state index in [9.17, 15) is 19.5 Å². The fourth-order valence-electron chi connectivity index (χ4n) is 12.5. The molecule has 3 aliphatic rings. The maximum atomic E-state index is 14.8. The lowest BCUT2D eigenvalue weighted by Crippen LogP contribution is -2.70. The van der Waals surface area contributed by atoms with Crippen molar-refractivity contribution in [2.45, 2.75) is 162 Å². The molecule has 0 spiro atoms. The van der Waals surface area contributed by atoms with Crippen molar-refractivity contribution in [3.63, 3.8) is 0 Å². The molecule has 574 valence electrons. The van der Waals surface area contributed by atoms with E-state index in [1.165, 1.54) is 6.92 Å². The van der Waals surface area contributed by atoms with E-state index in [0.717, 1.165) is 44.5 Å². The third-order valence-corrected chi connectivity index (χ3v) is 18.1. The molecule has 3 aliphatic heterocycles. The van der Waals surface area contributed by atoms with Crippen LogP contribution in [0.1, 0.15) is 57.9 Å². The Morgan fingerprint density at radius 3 is 1.18 bits per heavy atom. The van der Waals surface area contributed by atoms with Crippen molar-refractivity contribution in [1.29, 1.82) is 0 Å². The molecule has 22 nitrogen and oxygen atoms in total. The molecule has 11 rings (SSSR count). The van der Waals surface area contributed by atoms with Gasteiger partial charge in [0.25, 0.3) is 0 Å². The van der Waals surface area contributed by atoms with Crippen LogP contribution in [-0.4, -0.2) is 159 Å². The van der Waals surface area contributed by atoms with E-state index in [2.05, 4.69) is 10.6 Å². The summed E-state index contributed by atoms with van der Waals surface area (Å²) in [6, 6.07) is 73.9. The number of carbonyl (C=O) groups excluding carboxylic acids is 3. The molecule has 0 saturated carbocycles. The van der Waals surface area contributed by atoms with Gasteiger partial charge in [0.15, 0.2) is 25.0 Å². The molecule has 3 saturated heterocycles. The van der Waals surface area contributed by atoms with E-state index < -0.39 is 121 Å². The molecule has 15 atom stereocenters. The second-order valence-corrected chi connectivity index (χ2v) is 28.5. The Bertz CT molecular complexity index is 3880. The molecule has 0 bridgehead atoms. The van der Waals surface area contributed by atoms with Crippen molar-refractivity contribution in [3.8, 4) is 0 Å². The molecule has 0 unspecified atom stereocenters. The molecule has 0 radical (unpaired) electrons. The first-order valence-corrected chi connectivity index (χ1v) is 37.0. The van der Waals surface area contributed by atoms with E-state index in [0.29, 0.717) is 0 Å². The third-order valence-electron chi connectivity index (χ3n) is 17.8. The van der Waals surface area contributed by atoms with Crippen LogP contribution in [0.2, 0.25) is 0 Å². The lowest BCUT2D eigenvalue weighted by Gasteiger charge is -2.51. The van der Waals surface area contributed by atoms with Crippen molar-refractivity contribution in [3.05, 3.63) is 287 Å². The summed E-state index contributed by atoms with van der Waals surface area (Å²) in [6.07, 6.45) is -20.8. The molecule has 3 N–H and O–H groups in total. The molecule has 8 aromatic carbocycles. The average molecular weight is 1540 g/mol. The van der Waals surface area contributed by atoms with Crippen LogP contribution >= 0.6 is 34.8 Å². The van der Waals surface area contributed by atoms with Gasteiger partial charge in [0.2, 0.25) is 3.79 Å². The number of halogens is 3. The van der Waals surface area contributed by atoms with E-state index >= 15 is 0 Å². The fourth-order valence-corrected chi connectivity index (χ4v) is 12.7. The molecule has 3 fully saturated rings. The van der Waals surface area contributed by atoms with Crippen molar-refractivity contribution < 1.29 is 95.3 Å². The van der Waals surface area contributed by atoms with Crippen LogP contribution in [-0.2, 0) is 133 Å². The zero-order valence-corrected chi connectivity index (χ0v) is 62.0. The number of carbonyl (C=O) groups is 3. The number of aliphatic hydroxyl groups is 1. The average Bonchev–Trinajstić information content (AvgIpc) is 0.763. The fraction of sp³-hybridized carbons (Fsp3) is 0.386. The highest BCUT2D eigenvalue weighted by Gasteiger charge is 2.58. The Balaban J connectivity index is 1.00. The van der Waals surface area contributed by atoms with E-state index in [4.69, 9.17) is 111 Å². The van der Waals surface area contributed by atoms with Gasteiger partial charge in [-0.15, -0.1) is 0 Å². The Kier molecular flexibility index (Phi) is 32.2. The summed E-state index contributed by atoms with van der Waals surface area (Å²) in [7, 11) is 0. The van der Waals surface area contributed by atoms with Crippen molar-refractivity contribution in [1.82, 2.24) is 10.6 Å². The van der Waals surface area contributed by atoms with Gasteiger partial charge < -0.3 is 91.5 Å². The molecular weight excluding hydrogens is 1450 g/mol. The SMILES string of the molecule is CC(=O)O[C@H]1[C@H](O[C@H]2[C@@H](O)[C@@H](COCc3ccccc3)O[C@@H](O[C@@H]3[C@H](OCc4ccccc4)[C@@H](OCCCNC(=O)OCc4ccccc4)O[C@H](COCc4ccccc4)[C@H]3OCc3ccccc3)[C@@H]2NC(=O)OCC(Cl)(Cl)Cl)O[C@H](COCc2ccccc2)[C@@H](OCc2ccccc2)[C@@H]1OCc1ccccc1. The summed E-state index contributed by atoms with van der Waals surface area (Å²) in [5.74, 6) is -0.753. The molecule has 0 aliphatic carbocycles. The quantitative estimate of drug-likeness (QED) is 0.0141. The monoisotopic (exact) mass is 1540 g/mol. The van der Waals surface area contributed by atoms with Gasteiger partial charge >= 0.3 is 18.2 Å². The van der Waals surface area contributed by atoms with Crippen molar-refractivity contribution >= 4 is 53.0 Å². The minimum absolute atomic E-state index is 0.000191. The highest BCUT2D eigenvalue weighted by atomic mass is 35.6. The highest BCUT2D eigenvalue weighted by Crippen LogP contribution is 2.39. The van der Waals surface area contributed by atoms with Gasteiger partial charge in [-0.25, -0.2) is 9.59 Å². The first-order chi connectivity index (χ1) is 52.7. The molecule has 25 heteroatoms. The topological polar surface area (TPSA) is 243 Å². The van der Waals surface area contributed by atoms with Gasteiger partial charge in [0.05, 0.1) is 72.7 Å². The molecule has 0 aromatic heterocycles. The van der Waals surface area contributed by atoms with Gasteiger partial charge in [-0.3, -0.25) is 4.79 Å². The summed E-state index contributed by atoms with van der Waals surface area (Å²) in [4.78, 5) is 41.7. The lowest BCUT2D eigenvalue weighted by molar-refractivity contribution is -0.376. The number of aliphatic hydroxyl groups excluding tert-OH is 1. The van der Waals surface area contributed by atoms with Crippen LogP contribution in [0.4, 0.5) is 9.59 Å². The smallest absolute Gasteiger partial charge is 0.407 e. The molecule has 108 heavy (non-hydrogen) atoms. The molecule has 3 heterocycles. The Hall–Kier alpha value is -7.92. The number of esters is 1. The Morgan fingerprint density at radius 1 is 0.389 bits per heavy atom. The van der Waals surface area contributed by atoms with Gasteiger partial charge in [0.1, 0.15) is 80.3 Å². The standard InChI is InChI=1S/C83H91Cl3N2O20/c1-57(89)103-77-74(99-50-63-37-20-7-21-38-63)71(97-48-61-33-16-5-17-34-61)67(54-94-46-59-29-12-3-13-30-59)106-80(77)107-73-69(88-82(92)102-56-83(84,85)86)78(104-66(70(73)90)53-93-45-58-27-10-2-11-28-58)108-75-72(98-49-62-35-18-6-19-36-62)68(55-95-47-60-31-14-4-15-32-60)105-79(76(75)100-51-64-39-22-8-23-40-64)96-44-26-43-87-81(91)101-52-65-41-24-9-25-42-65/h2-25,27-42,66-80,90H,26,43-56H2,1H3,(H,87,91)(H,88,92)/t66-,67-,68-,69-,70+,71-,72-,73-,74+,75+,76+,77-,78+,79+,80+/m1/s1. The molecule has 2 amide bonds. The van der Waals surface area contributed by atoms with Crippen LogP contribution in [0.3, 0.4) is 0 Å². The van der Waals surface area contributed by atoms with Gasteiger partial charge in [0, 0.05) is 13.5 Å². The van der Waals surface area contributed by atoms with Crippen molar-refractivity contribution in [2.75, 3.05) is 39.6 Å². The Morgan fingerprint density at radius 2 is 0.750 bits per heavy atom. The predicted octanol–water partition coefficient (Wildman–Crippen LogP) is 13.0. The first kappa shape index (κ1) is 81.1.